The zero-order chi connectivity index (χ0) is 38.1. The third kappa shape index (κ3) is 4.66. The summed E-state index contributed by atoms with van der Waals surface area (Å²) >= 11 is 3.78. The SMILES string of the molecule is Cc1cc2c3c(c1)N(c1ccc4c(c1)sc1ccccc14)c1cc4sc5ccccc5c4cc1B3N(c1ccc(-c3ccccc3)cc1)c1cc3ccccc3cc1-2. The molecule has 58 heavy (non-hydrogen) atoms. The summed E-state index contributed by atoms with van der Waals surface area (Å²) in [6, 6.07) is 68.4. The third-order valence-corrected chi connectivity index (χ3v) is 14.7. The van der Waals surface area contributed by atoms with Crippen molar-refractivity contribution in [2.24, 2.45) is 0 Å². The number of thiophene rings is 2. The number of hydrogen-bond donors (Lipinski definition) is 0. The molecule has 2 aliphatic heterocycles. The number of nitrogens with zero attached hydrogens (tertiary/aromatic N) is 2. The molecule has 0 spiro atoms. The summed E-state index contributed by atoms with van der Waals surface area (Å²) in [6.07, 6.45) is 0. The summed E-state index contributed by atoms with van der Waals surface area (Å²) in [5.74, 6) is 0. The molecule has 4 heterocycles. The lowest BCUT2D eigenvalue weighted by atomic mass is 9.43. The maximum atomic E-state index is 2.64. The van der Waals surface area contributed by atoms with Crippen LogP contribution in [0.2, 0.25) is 0 Å². The lowest BCUT2D eigenvalue weighted by molar-refractivity contribution is 1.27. The van der Waals surface area contributed by atoms with Gasteiger partial charge in [-0.2, -0.15) is 0 Å². The van der Waals surface area contributed by atoms with Crippen LogP contribution in [-0.2, 0) is 0 Å². The number of aryl methyl sites for hydroxylation is 1. The predicted octanol–water partition coefficient (Wildman–Crippen LogP) is 14.3. The van der Waals surface area contributed by atoms with Crippen LogP contribution >= 0.6 is 22.7 Å². The molecule has 11 aromatic rings. The van der Waals surface area contributed by atoms with Crippen LogP contribution < -0.4 is 20.6 Å². The molecule has 0 aliphatic carbocycles. The fraction of sp³-hybridized carbons (Fsp3) is 0.0189. The standard InChI is InChI=1S/C53H33BN2S2/c1-32-25-44-42-27-35-13-5-6-14-36(35)28-46(42)56(37-21-19-34(20-22-37)33-11-3-2-4-12-33)54-45-30-43-40-16-8-10-18-50(40)58-52(43)31-47(45)55(48(26-32)53(44)54)38-23-24-41-39-15-7-9-17-49(39)57-51(41)29-38/h2-31H,1H3. The zero-order valence-corrected chi connectivity index (χ0v) is 33.2. The Morgan fingerprint density at radius 1 is 0.414 bits per heavy atom. The lowest BCUT2D eigenvalue weighted by Gasteiger charge is -2.46. The van der Waals surface area contributed by atoms with Gasteiger partial charge < -0.3 is 9.71 Å². The Bertz CT molecular complexity index is 3490. The average molecular weight is 773 g/mol. The van der Waals surface area contributed by atoms with E-state index in [1.807, 2.05) is 22.7 Å². The highest BCUT2D eigenvalue weighted by atomic mass is 32.1. The van der Waals surface area contributed by atoms with Crippen LogP contribution in [0.15, 0.2) is 182 Å². The van der Waals surface area contributed by atoms with Crippen LogP contribution in [0, 0.1) is 6.92 Å². The summed E-state index contributed by atoms with van der Waals surface area (Å²) in [7, 11) is 0. The van der Waals surface area contributed by atoms with E-state index in [0.29, 0.717) is 0 Å². The van der Waals surface area contributed by atoms with E-state index in [1.54, 1.807) is 0 Å². The van der Waals surface area contributed by atoms with Gasteiger partial charge >= 0.3 is 6.85 Å². The van der Waals surface area contributed by atoms with E-state index in [4.69, 9.17) is 0 Å². The quantitative estimate of drug-likeness (QED) is 0.165. The molecular weight excluding hydrogens is 740 g/mol. The Kier molecular flexibility index (Phi) is 6.81. The van der Waals surface area contributed by atoms with Crippen LogP contribution in [0.1, 0.15) is 5.56 Å². The Balaban J connectivity index is 1.13. The fourth-order valence-corrected chi connectivity index (χ4v) is 12.1. The Morgan fingerprint density at radius 3 is 1.81 bits per heavy atom. The molecule has 9 aromatic carbocycles. The predicted molar refractivity (Wildman–Crippen MR) is 254 cm³/mol. The first-order chi connectivity index (χ1) is 28.6. The summed E-state index contributed by atoms with van der Waals surface area (Å²) < 4.78 is 5.27. The van der Waals surface area contributed by atoms with E-state index in [9.17, 15) is 0 Å². The van der Waals surface area contributed by atoms with Crippen molar-refractivity contribution < 1.29 is 0 Å². The van der Waals surface area contributed by atoms with Crippen molar-refractivity contribution >= 4 is 120 Å². The lowest BCUT2D eigenvalue weighted by Crippen LogP contribution is -2.61. The van der Waals surface area contributed by atoms with Crippen LogP contribution in [0.25, 0.3) is 73.4 Å². The first-order valence-corrected chi connectivity index (χ1v) is 21.6. The highest BCUT2D eigenvalue weighted by Gasteiger charge is 2.45. The summed E-state index contributed by atoms with van der Waals surface area (Å²) in [5, 5.41) is 7.78. The van der Waals surface area contributed by atoms with Crippen molar-refractivity contribution in [3.63, 3.8) is 0 Å². The van der Waals surface area contributed by atoms with Gasteiger partial charge in [-0.1, -0.05) is 121 Å². The van der Waals surface area contributed by atoms with Gasteiger partial charge in [0.2, 0.25) is 0 Å². The Hall–Kier alpha value is -6.66. The van der Waals surface area contributed by atoms with Crippen LogP contribution in [0.4, 0.5) is 28.4 Å². The molecule has 2 nitrogen and oxygen atoms in total. The summed E-state index contributed by atoms with van der Waals surface area (Å²) in [5.41, 5.74) is 15.0. The molecule has 0 atom stereocenters. The monoisotopic (exact) mass is 772 g/mol. The second-order valence-corrected chi connectivity index (χ2v) is 17.9. The molecule has 0 radical (unpaired) electrons. The van der Waals surface area contributed by atoms with E-state index in [2.05, 4.69) is 199 Å². The number of fused-ring (bicyclic) bond motifs is 11. The van der Waals surface area contributed by atoms with Gasteiger partial charge in [-0.05, 0) is 112 Å². The normalized spacial score (nSPS) is 13.2. The molecular formula is C53H33BN2S2. The molecule has 0 saturated heterocycles. The molecule has 0 unspecified atom stereocenters. The van der Waals surface area contributed by atoms with Gasteiger partial charge in [-0.25, -0.2) is 0 Å². The second-order valence-electron chi connectivity index (χ2n) is 15.8. The summed E-state index contributed by atoms with van der Waals surface area (Å²) in [6.45, 7) is 2.20. The minimum atomic E-state index is -0.0655. The first kappa shape index (κ1) is 32.4. The van der Waals surface area contributed by atoms with Gasteiger partial charge in [0.15, 0.2) is 0 Å². The van der Waals surface area contributed by atoms with Crippen LogP contribution in [0.3, 0.4) is 0 Å². The molecule has 2 aliphatic rings. The summed E-state index contributed by atoms with van der Waals surface area (Å²) in [4.78, 5) is 5.22. The number of benzene rings is 9. The van der Waals surface area contributed by atoms with Crippen molar-refractivity contribution in [2.75, 3.05) is 9.71 Å². The molecule has 0 amide bonds. The maximum Gasteiger partial charge on any atom is 0.333 e. The fourth-order valence-electron chi connectivity index (χ4n) is 9.86. The Labute approximate surface area is 344 Å². The molecule has 5 heteroatoms. The minimum absolute atomic E-state index is 0.0655. The number of rotatable bonds is 3. The van der Waals surface area contributed by atoms with Crippen molar-refractivity contribution in [3.05, 3.63) is 188 Å². The number of anilines is 5. The third-order valence-electron chi connectivity index (χ3n) is 12.4. The molecule has 0 N–H and O–H groups in total. The van der Waals surface area contributed by atoms with E-state index in [-0.39, 0.29) is 6.85 Å². The smallest absolute Gasteiger partial charge is 0.333 e. The van der Waals surface area contributed by atoms with E-state index in [0.717, 1.165) is 0 Å². The van der Waals surface area contributed by atoms with E-state index < -0.39 is 0 Å². The maximum absolute atomic E-state index is 2.64. The second kappa shape index (κ2) is 12.2. The highest BCUT2D eigenvalue weighted by molar-refractivity contribution is 7.26. The molecule has 0 bridgehead atoms. The van der Waals surface area contributed by atoms with Gasteiger partial charge in [-0.3, -0.25) is 0 Å². The highest BCUT2D eigenvalue weighted by Crippen LogP contribution is 2.50. The van der Waals surface area contributed by atoms with Crippen molar-refractivity contribution in [3.8, 4) is 22.3 Å². The van der Waals surface area contributed by atoms with E-state index in [1.165, 1.54) is 118 Å². The molecule has 0 saturated carbocycles. The van der Waals surface area contributed by atoms with Gasteiger partial charge in [0, 0.05) is 74.3 Å². The van der Waals surface area contributed by atoms with Gasteiger partial charge in [0.1, 0.15) is 0 Å². The van der Waals surface area contributed by atoms with Crippen molar-refractivity contribution in [1.29, 1.82) is 0 Å². The molecule has 270 valence electrons. The van der Waals surface area contributed by atoms with Crippen LogP contribution in [-0.4, -0.2) is 6.85 Å². The van der Waals surface area contributed by atoms with Crippen LogP contribution in [0.5, 0.6) is 0 Å². The molecule has 13 rings (SSSR count). The topological polar surface area (TPSA) is 6.48 Å². The molecule has 2 aromatic heterocycles. The number of hydrogen-bond acceptors (Lipinski definition) is 4. The Morgan fingerprint density at radius 2 is 1.03 bits per heavy atom. The largest absolute Gasteiger partial charge is 0.376 e. The first-order valence-electron chi connectivity index (χ1n) is 19.9. The minimum Gasteiger partial charge on any atom is -0.376 e. The van der Waals surface area contributed by atoms with Gasteiger partial charge in [0.05, 0.1) is 0 Å². The van der Waals surface area contributed by atoms with Gasteiger partial charge in [-0.15, -0.1) is 22.7 Å². The zero-order valence-electron chi connectivity index (χ0n) is 31.6. The molecule has 0 fully saturated rings. The van der Waals surface area contributed by atoms with Gasteiger partial charge in [0.25, 0.3) is 0 Å². The van der Waals surface area contributed by atoms with Crippen molar-refractivity contribution in [2.45, 2.75) is 6.92 Å². The van der Waals surface area contributed by atoms with Crippen molar-refractivity contribution in [1.82, 2.24) is 0 Å². The van der Waals surface area contributed by atoms with E-state index >= 15 is 0 Å². The average Bonchev–Trinajstić information content (AvgIpc) is 3.83.